The zero-order valence-corrected chi connectivity index (χ0v) is 30.9. The monoisotopic (exact) mass is 733 g/mol. The number of pyridine rings is 1. The summed E-state index contributed by atoms with van der Waals surface area (Å²) in [5, 5.41) is 4.82. The Labute approximate surface area is 327 Å². The molecule has 262 valence electrons. The minimum atomic E-state index is 0.679. The van der Waals surface area contributed by atoms with Gasteiger partial charge in [-0.1, -0.05) is 127 Å². The number of hydrogen-bond acceptors (Lipinski definition) is 5. The Hall–Kier alpha value is -7.21. The Balaban J connectivity index is 1.02. The van der Waals surface area contributed by atoms with E-state index in [1.54, 1.807) is 0 Å². The zero-order valence-electron chi connectivity index (χ0n) is 30.1. The number of hydrogen-bond donors (Lipinski definition) is 0. The summed E-state index contributed by atoms with van der Waals surface area (Å²) in [4.78, 5) is 14.8. The Morgan fingerprint density at radius 3 is 1.89 bits per heavy atom. The average Bonchev–Trinajstić information content (AvgIpc) is 3.85. The van der Waals surface area contributed by atoms with Crippen molar-refractivity contribution in [3.8, 4) is 67.4 Å². The van der Waals surface area contributed by atoms with Crippen molar-refractivity contribution in [1.29, 1.82) is 0 Å². The molecule has 0 saturated heterocycles. The summed E-state index contributed by atoms with van der Waals surface area (Å²) in [6.45, 7) is 0. The van der Waals surface area contributed by atoms with E-state index in [2.05, 4.69) is 145 Å². The van der Waals surface area contributed by atoms with Crippen LogP contribution in [0.25, 0.3) is 110 Å². The van der Waals surface area contributed by atoms with Crippen molar-refractivity contribution in [2.24, 2.45) is 0 Å². The molecule has 4 nitrogen and oxygen atoms in total. The van der Waals surface area contributed by atoms with Gasteiger partial charge in [-0.2, -0.15) is 0 Å². The Morgan fingerprint density at radius 2 is 1.05 bits per heavy atom. The Kier molecular flexibility index (Phi) is 7.64. The summed E-state index contributed by atoms with van der Waals surface area (Å²) < 4.78 is 9.31. The lowest BCUT2D eigenvalue weighted by Gasteiger charge is -2.12. The van der Waals surface area contributed by atoms with Crippen molar-refractivity contribution in [2.45, 2.75) is 0 Å². The minimum Gasteiger partial charge on any atom is -0.455 e. The topological polar surface area (TPSA) is 51.8 Å². The molecule has 0 bridgehead atoms. The lowest BCUT2D eigenvalue weighted by atomic mass is 9.93. The third-order valence-electron chi connectivity index (χ3n) is 10.6. The molecule has 0 saturated carbocycles. The molecule has 5 heteroatoms. The summed E-state index contributed by atoms with van der Waals surface area (Å²) in [5.41, 5.74) is 12.9. The van der Waals surface area contributed by atoms with Gasteiger partial charge in [-0.05, 0) is 71.3 Å². The number of aromatic nitrogens is 3. The molecule has 0 spiro atoms. The van der Waals surface area contributed by atoms with E-state index in [1.807, 2.05) is 60.0 Å². The molecule has 0 aliphatic carbocycles. The summed E-state index contributed by atoms with van der Waals surface area (Å²) in [5.74, 6) is 0.679. The number of benzene rings is 7. The van der Waals surface area contributed by atoms with Crippen LogP contribution in [0, 0.1) is 0 Å². The number of nitrogens with zero attached hydrogens (tertiary/aromatic N) is 3. The molecule has 0 amide bonds. The average molecular weight is 734 g/mol. The van der Waals surface area contributed by atoms with Gasteiger partial charge in [0.05, 0.1) is 17.1 Å². The van der Waals surface area contributed by atoms with E-state index in [0.717, 1.165) is 78.0 Å². The van der Waals surface area contributed by atoms with Crippen LogP contribution >= 0.6 is 11.3 Å². The van der Waals surface area contributed by atoms with Crippen molar-refractivity contribution in [2.75, 3.05) is 0 Å². The molecule has 56 heavy (non-hydrogen) atoms. The fourth-order valence-corrected chi connectivity index (χ4v) is 8.93. The van der Waals surface area contributed by atoms with Crippen LogP contribution in [-0.2, 0) is 0 Å². The van der Waals surface area contributed by atoms with E-state index in [9.17, 15) is 0 Å². The van der Waals surface area contributed by atoms with Crippen molar-refractivity contribution in [1.82, 2.24) is 15.0 Å². The molecule has 11 rings (SSSR count). The predicted octanol–water partition coefficient (Wildman–Crippen LogP) is 14.1. The van der Waals surface area contributed by atoms with Crippen LogP contribution < -0.4 is 0 Å². The number of rotatable bonds is 6. The van der Waals surface area contributed by atoms with Gasteiger partial charge < -0.3 is 4.42 Å². The first-order valence-corrected chi connectivity index (χ1v) is 19.5. The van der Waals surface area contributed by atoms with E-state index in [1.165, 1.54) is 25.7 Å². The first kappa shape index (κ1) is 32.2. The van der Waals surface area contributed by atoms with Crippen molar-refractivity contribution in [3.63, 3.8) is 0 Å². The first-order valence-electron chi connectivity index (χ1n) is 18.7. The molecular formula is C51H31N3OS. The van der Waals surface area contributed by atoms with E-state index in [0.29, 0.717) is 5.82 Å². The van der Waals surface area contributed by atoms with Gasteiger partial charge in [0.2, 0.25) is 0 Å². The quantitative estimate of drug-likeness (QED) is 0.171. The summed E-state index contributed by atoms with van der Waals surface area (Å²) in [6.07, 6.45) is 1.82. The molecule has 0 atom stereocenters. The predicted molar refractivity (Wildman–Crippen MR) is 233 cm³/mol. The number of fused-ring (bicyclic) bond motifs is 6. The second-order valence-corrected chi connectivity index (χ2v) is 15.1. The van der Waals surface area contributed by atoms with Gasteiger partial charge in [0.1, 0.15) is 11.2 Å². The van der Waals surface area contributed by atoms with E-state index in [-0.39, 0.29) is 0 Å². The highest BCUT2D eigenvalue weighted by Crippen LogP contribution is 2.44. The molecule has 0 fully saturated rings. The normalized spacial score (nSPS) is 11.6. The highest BCUT2D eigenvalue weighted by Gasteiger charge is 2.19. The van der Waals surface area contributed by atoms with E-state index in [4.69, 9.17) is 14.4 Å². The maximum absolute atomic E-state index is 6.71. The fourth-order valence-electron chi connectivity index (χ4n) is 7.84. The van der Waals surface area contributed by atoms with Crippen LogP contribution in [0.4, 0.5) is 0 Å². The minimum absolute atomic E-state index is 0.679. The standard InChI is InChI=1S/C51H31N3OS/c1-2-11-34(12-3-1)51-53-44(31-45(54-51)37-14-10-13-36(29-37)43-17-8-9-28-52-43)33-22-20-32(21-23-33)39-26-25-38(49-41-16-4-6-18-46(41)55-50(39)49)35-24-27-48-42(30-35)40-15-5-7-19-47(40)56-48/h1-31H. The number of para-hydroxylation sites is 1. The molecule has 0 N–H and O–H groups in total. The second-order valence-electron chi connectivity index (χ2n) is 14.0. The lowest BCUT2D eigenvalue weighted by Crippen LogP contribution is -1.96. The van der Waals surface area contributed by atoms with Crippen molar-refractivity contribution < 1.29 is 4.42 Å². The van der Waals surface area contributed by atoms with Gasteiger partial charge in [0, 0.05) is 65.0 Å². The lowest BCUT2D eigenvalue weighted by molar-refractivity contribution is 0.670. The molecule has 4 aromatic heterocycles. The van der Waals surface area contributed by atoms with Crippen LogP contribution in [0.3, 0.4) is 0 Å². The van der Waals surface area contributed by atoms with Crippen LogP contribution in [0.5, 0.6) is 0 Å². The molecule has 7 aromatic carbocycles. The maximum atomic E-state index is 6.71. The van der Waals surface area contributed by atoms with E-state index < -0.39 is 0 Å². The zero-order chi connectivity index (χ0) is 37.0. The smallest absolute Gasteiger partial charge is 0.160 e. The molecule has 11 aromatic rings. The van der Waals surface area contributed by atoms with Crippen LogP contribution in [0.1, 0.15) is 0 Å². The second kappa shape index (κ2) is 13.3. The van der Waals surface area contributed by atoms with Gasteiger partial charge in [0.15, 0.2) is 5.82 Å². The van der Waals surface area contributed by atoms with Crippen LogP contribution in [0.15, 0.2) is 193 Å². The molecule has 0 aliphatic rings. The van der Waals surface area contributed by atoms with Crippen molar-refractivity contribution >= 4 is 53.4 Å². The Morgan fingerprint density at radius 1 is 0.393 bits per heavy atom. The Bertz CT molecular complexity index is 3240. The highest BCUT2D eigenvalue weighted by molar-refractivity contribution is 7.25. The van der Waals surface area contributed by atoms with Crippen LogP contribution in [0.2, 0.25) is 0 Å². The third-order valence-corrected chi connectivity index (χ3v) is 11.7. The largest absolute Gasteiger partial charge is 0.455 e. The summed E-state index contributed by atoms with van der Waals surface area (Å²) >= 11 is 1.84. The van der Waals surface area contributed by atoms with Gasteiger partial charge in [0.25, 0.3) is 0 Å². The van der Waals surface area contributed by atoms with Gasteiger partial charge in [-0.25, -0.2) is 9.97 Å². The fraction of sp³-hybridized carbons (Fsp3) is 0. The molecular weight excluding hydrogens is 703 g/mol. The van der Waals surface area contributed by atoms with Crippen molar-refractivity contribution in [3.05, 3.63) is 188 Å². The molecule has 0 aliphatic heterocycles. The van der Waals surface area contributed by atoms with Crippen LogP contribution in [-0.4, -0.2) is 15.0 Å². The molecule has 0 unspecified atom stereocenters. The SMILES string of the molecule is c1ccc(-c2nc(-c3ccc(-c4ccc(-c5ccc6sc7ccccc7c6c5)c5c4oc4ccccc45)cc3)cc(-c3cccc(-c4ccccn4)c3)n2)cc1. The van der Waals surface area contributed by atoms with E-state index >= 15 is 0 Å². The number of thiophene rings is 1. The summed E-state index contributed by atoms with van der Waals surface area (Å²) in [6, 6.07) is 63.6. The van der Waals surface area contributed by atoms with Gasteiger partial charge in [-0.3, -0.25) is 4.98 Å². The number of furan rings is 1. The third kappa shape index (κ3) is 5.56. The molecule has 4 heterocycles. The maximum Gasteiger partial charge on any atom is 0.160 e. The highest BCUT2D eigenvalue weighted by atomic mass is 32.1. The molecule has 0 radical (unpaired) electrons. The van der Waals surface area contributed by atoms with Gasteiger partial charge in [-0.15, -0.1) is 11.3 Å². The van der Waals surface area contributed by atoms with Gasteiger partial charge >= 0.3 is 0 Å². The summed E-state index contributed by atoms with van der Waals surface area (Å²) in [7, 11) is 0. The first-order chi connectivity index (χ1) is 27.7.